The second kappa shape index (κ2) is 6.71. The van der Waals surface area contributed by atoms with Crippen LogP contribution >= 0.6 is 23.2 Å². The standard InChI is InChI=1S/C11H13Cl2NO2/c1-16-11(15)9-6-4-2-3-5-8(12)7-14-10(9)13/h5,7H,2-4,6H2,1H3/b8-5-,10-9+,14-7-. The Balaban J connectivity index is 2.97. The van der Waals surface area contributed by atoms with Crippen molar-refractivity contribution in [2.24, 2.45) is 4.99 Å². The molecule has 0 saturated heterocycles. The van der Waals surface area contributed by atoms with Crippen LogP contribution in [0.2, 0.25) is 0 Å². The molecule has 88 valence electrons. The maximum Gasteiger partial charge on any atom is 0.336 e. The summed E-state index contributed by atoms with van der Waals surface area (Å²) in [7, 11) is 1.33. The van der Waals surface area contributed by atoms with Crippen LogP contribution in [0.15, 0.2) is 26.8 Å². The van der Waals surface area contributed by atoms with Crippen molar-refractivity contribution in [3.05, 3.63) is 21.8 Å². The number of esters is 1. The Labute approximate surface area is 105 Å². The van der Waals surface area contributed by atoms with Gasteiger partial charge in [0.05, 0.1) is 17.7 Å². The molecule has 0 bridgehead atoms. The largest absolute Gasteiger partial charge is 0.466 e. The number of allylic oxidation sites excluding steroid dienone is 2. The molecule has 16 heavy (non-hydrogen) atoms. The minimum atomic E-state index is -0.428. The van der Waals surface area contributed by atoms with Crippen LogP contribution in [0.3, 0.4) is 0 Å². The quantitative estimate of drug-likeness (QED) is 0.536. The maximum absolute atomic E-state index is 11.4. The third-order valence-corrected chi connectivity index (χ3v) is 2.78. The minimum Gasteiger partial charge on any atom is -0.466 e. The molecule has 0 aromatic rings. The molecule has 0 N–H and O–H groups in total. The van der Waals surface area contributed by atoms with Gasteiger partial charge in [-0.3, -0.25) is 0 Å². The van der Waals surface area contributed by atoms with E-state index < -0.39 is 5.97 Å². The summed E-state index contributed by atoms with van der Waals surface area (Å²) in [5.74, 6) is -0.428. The second-order valence-corrected chi connectivity index (χ2v) is 4.15. The maximum atomic E-state index is 11.4. The van der Waals surface area contributed by atoms with Gasteiger partial charge in [-0.15, -0.1) is 0 Å². The molecule has 1 heterocycles. The van der Waals surface area contributed by atoms with Gasteiger partial charge >= 0.3 is 5.97 Å². The highest BCUT2D eigenvalue weighted by atomic mass is 35.5. The van der Waals surface area contributed by atoms with Gasteiger partial charge in [0.1, 0.15) is 5.16 Å². The number of methoxy groups -OCH3 is 1. The van der Waals surface area contributed by atoms with Crippen LogP contribution in [-0.4, -0.2) is 19.3 Å². The molecule has 5 heteroatoms. The number of hydrogen-bond donors (Lipinski definition) is 0. The van der Waals surface area contributed by atoms with E-state index in [0.29, 0.717) is 17.0 Å². The molecule has 0 atom stereocenters. The molecule has 0 aliphatic carbocycles. The van der Waals surface area contributed by atoms with Gasteiger partial charge in [-0.1, -0.05) is 29.3 Å². The minimum absolute atomic E-state index is 0.153. The fourth-order valence-electron chi connectivity index (χ4n) is 1.35. The Bertz CT molecular complexity index is 359. The number of carbonyl (C=O) groups excluding carboxylic acids is 1. The van der Waals surface area contributed by atoms with Gasteiger partial charge in [-0.05, 0) is 25.7 Å². The smallest absolute Gasteiger partial charge is 0.336 e. The van der Waals surface area contributed by atoms with E-state index in [1.165, 1.54) is 13.3 Å². The molecule has 0 amide bonds. The second-order valence-electron chi connectivity index (χ2n) is 3.35. The van der Waals surface area contributed by atoms with E-state index >= 15 is 0 Å². The van der Waals surface area contributed by atoms with Crippen LogP contribution in [0.25, 0.3) is 0 Å². The summed E-state index contributed by atoms with van der Waals surface area (Å²) in [6.07, 6.45) is 6.59. The van der Waals surface area contributed by atoms with Crippen molar-refractivity contribution in [3.63, 3.8) is 0 Å². The summed E-state index contributed by atoms with van der Waals surface area (Å²) < 4.78 is 4.65. The Kier molecular flexibility index (Phi) is 5.56. The Morgan fingerprint density at radius 1 is 1.44 bits per heavy atom. The number of nitrogens with zero attached hydrogens (tertiary/aromatic N) is 1. The molecule has 1 aliphatic rings. The number of carbonyl (C=O) groups is 1. The van der Waals surface area contributed by atoms with Crippen LogP contribution in [0.4, 0.5) is 0 Å². The van der Waals surface area contributed by atoms with Crippen LogP contribution in [0.5, 0.6) is 0 Å². The fraction of sp³-hybridized carbons (Fsp3) is 0.455. The summed E-state index contributed by atoms with van der Waals surface area (Å²) in [5.41, 5.74) is 0.409. The summed E-state index contributed by atoms with van der Waals surface area (Å²) >= 11 is 11.8. The van der Waals surface area contributed by atoms with E-state index in [-0.39, 0.29) is 5.16 Å². The predicted octanol–water partition coefficient (Wildman–Crippen LogP) is 3.38. The average Bonchev–Trinajstić information content (AvgIpc) is 2.29. The fourth-order valence-corrected chi connectivity index (χ4v) is 1.73. The molecule has 1 rings (SSSR count). The normalized spacial score (nSPS) is 27.8. The Hall–Kier alpha value is -0.800. The first-order valence-corrected chi connectivity index (χ1v) is 5.77. The topological polar surface area (TPSA) is 38.7 Å². The molecule has 0 fully saturated rings. The summed E-state index contributed by atoms with van der Waals surface area (Å²) in [4.78, 5) is 15.4. The molecule has 0 radical (unpaired) electrons. The third-order valence-electron chi connectivity index (χ3n) is 2.20. The van der Waals surface area contributed by atoms with Crippen LogP contribution in [-0.2, 0) is 9.53 Å². The van der Waals surface area contributed by atoms with Crippen molar-refractivity contribution >= 4 is 35.4 Å². The SMILES string of the molecule is COC(=O)/C1=C(Cl)/N=C\C(Cl)=C\CCCC1. The lowest BCUT2D eigenvalue weighted by Crippen LogP contribution is -2.06. The third kappa shape index (κ3) is 3.99. The van der Waals surface area contributed by atoms with Gasteiger partial charge in [0.15, 0.2) is 0 Å². The highest BCUT2D eigenvalue weighted by Gasteiger charge is 2.14. The van der Waals surface area contributed by atoms with Gasteiger partial charge < -0.3 is 4.74 Å². The molecular weight excluding hydrogens is 249 g/mol. The lowest BCUT2D eigenvalue weighted by atomic mass is 10.1. The first kappa shape index (κ1) is 13.3. The zero-order chi connectivity index (χ0) is 12.0. The van der Waals surface area contributed by atoms with E-state index in [9.17, 15) is 4.79 Å². The lowest BCUT2D eigenvalue weighted by Gasteiger charge is -2.07. The van der Waals surface area contributed by atoms with Gasteiger partial charge in [0.2, 0.25) is 0 Å². The number of hydrogen-bond acceptors (Lipinski definition) is 3. The average molecular weight is 262 g/mol. The predicted molar refractivity (Wildman–Crippen MR) is 65.8 cm³/mol. The first-order chi connectivity index (χ1) is 7.65. The lowest BCUT2D eigenvalue weighted by molar-refractivity contribution is -0.136. The Morgan fingerprint density at radius 3 is 2.88 bits per heavy atom. The van der Waals surface area contributed by atoms with Crippen LogP contribution in [0.1, 0.15) is 25.7 Å². The zero-order valence-electron chi connectivity index (χ0n) is 9.00. The van der Waals surface area contributed by atoms with Crippen molar-refractivity contribution in [2.75, 3.05) is 7.11 Å². The molecule has 0 spiro atoms. The van der Waals surface area contributed by atoms with E-state index in [2.05, 4.69) is 9.73 Å². The Morgan fingerprint density at radius 2 is 2.19 bits per heavy atom. The van der Waals surface area contributed by atoms with Crippen molar-refractivity contribution in [3.8, 4) is 0 Å². The number of rotatable bonds is 1. The summed E-state index contributed by atoms with van der Waals surface area (Å²) in [6.45, 7) is 0. The first-order valence-electron chi connectivity index (χ1n) is 5.02. The van der Waals surface area contributed by atoms with Crippen molar-refractivity contribution < 1.29 is 9.53 Å². The molecular formula is C11H13Cl2NO2. The highest BCUT2D eigenvalue weighted by molar-refractivity contribution is 6.40. The molecule has 0 saturated carbocycles. The van der Waals surface area contributed by atoms with E-state index in [4.69, 9.17) is 23.2 Å². The van der Waals surface area contributed by atoms with E-state index in [0.717, 1.165) is 19.3 Å². The summed E-state index contributed by atoms with van der Waals surface area (Å²) in [6, 6.07) is 0. The van der Waals surface area contributed by atoms with Crippen LogP contribution < -0.4 is 0 Å². The van der Waals surface area contributed by atoms with E-state index in [1.54, 1.807) is 0 Å². The van der Waals surface area contributed by atoms with Crippen molar-refractivity contribution in [2.45, 2.75) is 25.7 Å². The zero-order valence-corrected chi connectivity index (χ0v) is 10.5. The monoisotopic (exact) mass is 261 g/mol. The molecule has 0 unspecified atom stereocenters. The van der Waals surface area contributed by atoms with E-state index in [1.807, 2.05) is 6.08 Å². The van der Waals surface area contributed by atoms with Crippen molar-refractivity contribution in [1.82, 2.24) is 0 Å². The van der Waals surface area contributed by atoms with Gasteiger partial charge in [-0.25, -0.2) is 9.79 Å². The van der Waals surface area contributed by atoms with Crippen molar-refractivity contribution in [1.29, 1.82) is 0 Å². The van der Waals surface area contributed by atoms with Gasteiger partial charge in [0, 0.05) is 6.21 Å². The van der Waals surface area contributed by atoms with Crippen LogP contribution in [0, 0.1) is 0 Å². The number of ether oxygens (including phenoxy) is 1. The highest BCUT2D eigenvalue weighted by Crippen LogP contribution is 2.21. The van der Waals surface area contributed by atoms with Gasteiger partial charge in [-0.2, -0.15) is 0 Å². The molecule has 0 aromatic carbocycles. The number of aliphatic imine (C=N–C) groups is 1. The molecule has 3 nitrogen and oxygen atoms in total. The van der Waals surface area contributed by atoms with Gasteiger partial charge in [0.25, 0.3) is 0 Å². The molecule has 0 aromatic heterocycles. The molecule has 1 aliphatic heterocycles. The number of halogens is 2. The summed E-state index contributed by atoms with van der Waals surface area (Å²) in [5, 5.41) is 0.685.